The predicted octanol–water partition coefficient (Wildman–Crippen LogP) is 4.37. The summed E-state index contributed by atoms with van der Waals surface area (Å²) in [5, 5.41) is 2.95. The van der Waals surface area contributed by atoms with E-state index in [4.69, 9.17) is 4.74 Å². The molecule has 0 saturated carbocycles. The molecule has 1 aliphatic heterocycles. The molecule has 0 aromatic heterocycles. The number of para-hydroxylation sites is 1. The molecule has 0 atom stereocenters. The van der Waals surface area contributed by atoms with Crippen molar-refractivity contribution in [2.24, 2.45) is 0 Å². The lowest BCUT2D eigenvalue weighted by Gasteiger charge is -2.16. The van der Waals surface area contributed by atoms with Gasteiger partial charge in [-0.25, -0.2) is 13.7 Å². The third-order valence-electron chi connectivity index (χ3n) is 4.65. The van der Waals surface area contributed by atoms with Crippen LogP contribution in [0.5, 0.6) is 5.75 Å². The Morgan fingerprint density at radius 1 is 0.867 bits per heavy atom. The first-order chi connectivity index (χ1) is 14.5. The van der Waals surface area contributed by atoms with E-state index in [2.05, 4.69) is 5.32 Å². The van der Waals surface area contributed by atoms with Crippen molar-refractivity contribution in [1.82, 2.24) is 0 Å². The topological polar surface area (TPSA) is 58.6 Å². The molecule has 4 rings (SSSR count). The van der Waals surface area contributed by atoms with Gasteiger partial charge >= 0.3 is 0 Å². The number of imide groups is 1. The minimum atomic E-state index is -0.716. The third-order valence-corrected chi connectivity index (χ3v) is 4.65. The van der Waals surface area contributed by atoms with Crippen LogP contribution in [-0.2, 0) is 9.59 Å². The van der Waals surface area contributed by atoms with Gasteiger partial charge in [-0.1, -0.05) is 30.3 Å². The van der Waals surface area contributed by atoms with E-state index in [1.165, 1.54) is 55.6 Å². The zero-order chi connectivity index (χ0) is 21.3. The van der Waals surface area contributed by atoms with Gasteiger partial charge in [0.15, 0.2) is 0 Å². The van der Waals surface area contributed by atoms with Crippen molar-refractivity contribution in [2.45, 2.75) is 0 Å². The average molecular weight is 406 g/mol. The fraction of sp³-hybridized carbons (Fsp3) is 0.0435. The zero-order valence-electron chi connectivity index (χ0n) is 15.9. The van der Waals surface area contributed by atoms with E-state index in [1.807, 2.05) is 0 Å². The number of carbonyl (C=O) groups excluding carboxylic acids is 2. The van der Waals surface area contributed by atoms with Crippen LogP contribution in [0.2, 0.25) is 0 Å². The van der Waals surface area contributed by atoms with Gasteiger partial charge in [0.05, 0.1) is 18.4 Å². The molecule has 1 heterocycles. The van der Waals surface area contributed by atoms with Gasteiger partial charge in [-0.05, 0) is 42.0 Å². The van der Waals surface area contributed by atoms with Crippen LogP contribution >= 0.6 is 0 Å². The predicted molar refractivity (Wildman–Crippen MR) is 109 cm³/mol. The van der Waals surface area contributed by atoms with Crippen molar-refractivity contribution in [3.8, 4) is 5.75 Å². The lowest BCUT2D eigenvalue weighted by molar-refractivity contribution is -0.120. The Morgan fingerprint density at radius 2 is 1.60 bits per heavy atom. The summed E-state index contributed by atoms with van der Waals surface area (Å²) in [6.07, 6.45) is 0. The van der Waals surface area contributed by atoms with Crippen LogP contribution in [0.3, 0.4) is 0 Å². The molecule has 1 N–H and O–H groups in total. The molecule has 0 aliphatic carbocycles. The number of hydrogen-bond donors (Lipinski definition) is 1. The summed E-state index contributed by atoms with van der Waals surface area (Å²) in [4.78, 5) is 27.2. The van der Waals surface area contributed by atoms with Gasteiger partial charge in [-0.3, -0.25) is 9.59 Å². The molecule has 0 bridgehead atoms. The van der Waals surface area contributed by atoms with Gasteiger partial charge in [0.1, 0.15) is 23.1 Å². The number of amides is 2. The number of benzene rings is 3. The highest BCUT2D eigenvalue weighted by molar-refractivity contribution is 6.46. The summed E-state index contributed by atoms with van der Waals surface area (Å²) >= 11 is 0. The van der Waals surface area contributed by atoms with Gasteiger partial charge in [0, 0.05) is 11.8 Å². The van der Waals surface area contributed by atoms with Crippen molar-refractivity contribution < 1.29 is 23.1 Å². The lowest BCUT2D eigenvalue weighted by atomic mass is 10.0. The summed E-state index contributed by atoms with van der Waals surface area (Å²) in [5.74, 6) is -2.06. The van der Waals surface area contributed by atoms with Gasteiger partial charge in [-0.15, -0.1) is 0 Å². The number of hydrogen-bond acceptors (Lipinski definition) is 4. The molecule has 30 heavy (non-hydrogen) atoms. The highest BCUT2D eigenvalue weighted by Crippen LogP contribution is 2.35. The van der Waals surface area contributed by atoms with Crippen LogP contribution in [-0.4, -0.2) is 18.9 Å². The third kappa shape index (κ3) is 3.41. The van der Waals surface area contributed by atoms with Crippen molar-refractivity contribution >= 4 is 28.8 Å². The molecule has 3 aromatic carbocycles. The highest BCUT2D eigenvalue weighted by Gasteiger charge is 2.41. The van der Waals surface area contributed by atoms with Crippen LogP contribution in [0.15, 0.2) is 78.5 Å². The summed E-state index contributed by atoms with van der Waals surface area (Å²) in [5.41, 5.74) is 0.656. The van der Waals surface area contributed by atoms with E-state index >= 15 is 0 Å². The number of methoxy groups -OCH3 is 1. The minimum Gasteiger partial charge on any atom is -0.497 e. The smallest absolute Gasteiger partial charge is 0.282 e. The van der Waals surface area contributed by atoms with E-state index in [9.17, 15) is 18.4 Å². The van der Waals surface area contributed by atoms with Crippen LogP contribution < -0.4 is 15.0 Å². The minimum absolute atomic E-state index is 0.0195. The van der Waals surface area contributed by atoms with Gasteiger partial charge in [-0.2, -0.15) is 0 Å². The highest BCUT2D eigenvalue weighted by atomic mass is 19.1. The molecule has 2 amide bonds. The lowest BCUT2D eigenvalue weighted by Crippen LogP contribution is -2.33. The summed E-state index contributed by atoms with van der Waals surface area (Å²) in [6.45, 7) is 0. The normalized spacial score (nSPS) is 13.8. The summed E-state index contributed by atoms with van der Waals surface area (Å²) in [6, 6.07) is 17.5. The number of nitrogens with one attached hydrogen (secondary N) is 1. The fourth-order valence-electron chi connectivity index (χ4n) is 3.23. The molecule has 0 unspecified atom stereocenters. The Morgan fingerprint density at radius 3 is 2.30 bits per heavy atom. The van der Waals surface area contributed by atoms with E-state index in [0.717, 1.165) is 4.90 Å². The van der Waals surface area contributed by atoms with E-state index < -0.39 is 23.4 Å². The number of ether oxygens (including phenoxy) is 1. The van der Waals surface area contributed by atoms with Crippen LogP contribution in [0.25, 0.3) is 5.57 Å². The summed E-state index contributed by atoms with van der Waals surface area (Å²) in [7, 11) is 1.51. The second-order valence-electron chi connectivity index (χ2n) is 6.51. The van der Waals surface area contributed by atoms with Crippen molar-refractivity contribution in [1.29, 1.82) is 0 Å². The molecule has 0 spiro atoms. The second kappa shape index (κ2) is 7.79. The zero-order valence-corrected chi connectivity index (χ0v) is 15.9. The van der Waals surface area contributed by atoms with Crippen molar-refractivity contribution in [3.05, 3.63) is 95.7 Å². The van der Waals surface area contributed by atoms with Gasteiger partial charge < -0.3 is 10.1 Å². The molecule has 150 valence electrons. The Balaban J connectivity index is 1.83. The number of rotatable bonds is 5. The standard InChI is InChI=1S/C23H16F2N2O3/c1-30-17-6-4-5-16(13-17)26-21-20(14-9-11-15(24)12-10-14)22(28)27(23(21)29)19-8-3-2-7-18(19)25/h2-13,26H,1H3. The molecule has 0 fully saturated rings. The first-order valence-corrected chi connectivity index (χ1v) is 9.04. The fourth-order valence-corrected chi connectivity index (χ4v) is 3.23. The summed E-state index contributed by atoms with van der Waals surface area (Å²) < 4.78 is 33.0. The maximum absolute atomic E-state index is 14.4. The largest absolute Gasteiger partial charge is 0.497 e. The molecule has 3 aromatic rings. The van der Waals surface area contributed by atoms with Crippen LogP contribution in [0.1, 0.15) is 5.56 Å². The number of halogens is 2. The number of carbonyl (C=O) groups is 2. The average Bonchev–Trinajstić information content (AvgIpc) is 2.99. The van der Waals surface area contributed by atoms with Crippen LogP contribution in [0, 0.1) is 11.6 Å². The Bertz CT molecular complexity index is 1170. The van der Waals surface area contributed by atoms with Crippen LogP contribution in [0.4, 0.5) is 20.2 Å². The molecule has 5 nitrogen and oxygen atoms in total. The Hall–Kier alpha value is -4.00. The van der Waals surface area contributed by atoms with Gasteiger partial charge in [0.2, 0.25) is 0 Å². The van der Waals surface area contributed by atoms with E-state index in [-0.39, 0.29) is 17.0 Å². The van der Waals surface area contributed by atoms with Gasteiger partial charge in [0.25, 0.3) is 11.8 Å². The SMILES string of the molecule is COc1cccc(NC2=C(c3ccc(F)cc3)C(=O)N(c3ccccc3F)C2=O)c1. The quantitative estimate of drug-likeness (QED) is 0.640. The Labute approximate surface area is 171 Å². The van der Waals surface area contributed by atoms with Crippen molar-refractivity contribution in [3.63, 3.8) is 0 Å². The number of nitrogens with zero attached hydrogens (tertiary/aromatic N) is 1. The molecular formula is C23H16F2N2O3. The first kappa shape index (κ1) is 19.3. The second-order valence-corrected chi connectivity index (χ2v) is 6.51. The maximum Gasteiger partial charge on any atom is 0.282 e. The van der Waals surface area contributed by atoms with E-state index in [1.54, 1.807) is 24.3 Å². The molecule has 1 aliphatic rings. The maximum atomic E-state index is 14.4. The Kier molecular flexibility index (Phi) is 5.02. The first-order valence-electron chi connectivity index (χ1n) is 9.04. The number of anilines is 2. The molecule has 7 heteroatoms. The monoisotopic (exact) mass is 406 g/mol. The van der Waals surface area contributed by atoms with Crippen molar-refractivity contribution in [2.75, 3.05) is 17.3 Å². The molecule has 0 radical (unpaired) electrons. The molecule has 0 saturated heterocycles. The molecular weight excluding hydrogens is 390 g/mol. The van der Waals surface area contributed by atoms with E-state index in [0.29, 0.717) is 17.0 Å².